The van der Waals surface area contributed by atoms with Crippen LogP contribution in [0.4, 0.5) is 5.69 Å². The highest BCUT2D eigenvalue weighted by Gasteiger charge is 2.11. The van der Waals surface area contributed by atoms with Crippen LogP contribution in [0.3, 0.4) is 0 Å². The van der Waals surface area contributed by atoms with Gasteiger partial charge in [-0.2, -0.15) is 0 Å². The molecule has 0 saturated heterocycles. The summed E-state index contributed by atoms with van der Waals surface area (Å²) in [5.41, 5.74) is 1.61. The Morgan fingerprint density at radius 3 is 2.65 bits per heavy atom. The quantitative estimate of drug-likeness (QED) is 0.850. The Balaban J connectivity index is 2.21. The van der Waals surface area contributed by atoms with Crippen LogP contribution in [0.1, 0.15) is 18.5 Å². The summed E-state index contributed by atoms with van der Waals surface area (Å²) < 4.78 is 22.7. The van der Waals surface area contributed by atoms with E-state index in [-0.39, 0.29) is 10.9 Å². The third kappa shape index (κ3) is 3.69. The van der Waals surface area contributed by atoms with Gasteiger partial charge in [0.2, 0.25) is 10.0 Å². The maximum atomic E-state index is 11.3. The summed E-state index contributed by atoms with van der Waals surface area (Å²) in [7, 11) is -3.69. The first-order chi connectivity index (χ1) is 9.36. The molecule has 1 aromatic heterocycles. The molecule has 5 nitrogen and oxygen atoms in total. The molecule has 0 spiro atoms. The molecule has 106 valence electrons. The lowest BCUT2D eigenvalue weighted by molar-refractivity contribution is 0.597. The lowest BCUT2D eigenvalue weighted by atomic mass is 10.1. The van der Waals surface area contributed by atoms with Crippen molar-refractivity contribution in [3.63, 3.8) is 0 Å². The number of rotatable bonds is 4. The van der Waals surface area contributed by atoms with E-state index in [0.717, 1.165) is 11.3 Å². The molecule has 3 N–H and O–H groups in total. The van der Waals surface area contributed by atoms with Crippen LogP contribution in [-0.2, 0) is 10.0 Å². The van der Waals surface area contributed by atoms with E-state index in [1.54, 1.807) is 30.5 Å². The van der Waals surface area contributed by atoms with Crippen molar-refractivity contribution in [3.05, 3.63) is 53.3 Å². The average Bonchev–Trinajstić information content (AvgIpc) is 2.40. The van der Waals surface area contributed by atoms with E-state index in [9.17, 15) is 8.42 Å². The number of nitrogens with two attached hydrogens (primary N) is 1. The number of nitrogens with one attached hydrogen (secondary N) is 1. The number of pyridine rings is 1. The Labute approximate surface area is 122 Å². The van der Waals surface area contributed by atoms with Crippen molar-refractivity contribution in [3.8, 4) is 0 Å². The van der Waals surface area contributed by atoms with E-state index in [1.807, 2.05) is 13.0 Å². The number of hydrogen-bond donors (Lipinski definition) is 2. The summed E-state index contributed by atoms with van der Waals surface area (Å²) in [5, 5.41) is 8.75. The molecule has 1 heterocycles. The lowest BCUT2D eigenvalue weighted by Gasteiger charge is -2.16. The number of halogens is 1. The van der Waals surface area contributed by atoms with Gasteiger partial charge in [0.25, 0.3) is 0 Å². The van der Waals surface area contributed by atoms with Crippen molar-refractivity contribution in [2.75, 3.05) is 5.32 Å². The molecule has 0 bridgehead atoms. The van der Waals surface area contributed by atoms with Crippen LogP contribution in [-0.4, -0.2) is 13.4 Å². The highest BCUT2D eigenvalue weighted by molar-refractivity contribution is 7.89. The van der Waals surface area contributed by atoms with Gasteiger partial charge in [0.15, 0.2) is 0 Å². The monoisotopic (exact) mass is 311 g/mol. The van der Waals surface area contributed by atoms with Crippen molar-refractivity contribution < 1.29 is 8.42 Å². The average molecular weight is 312 g/mol. The maximum Gasteiger partial charge on any atom is 0.238 e. The molecule has 1 atom stereocenters. The maximum absolute atomic E-state index is 11.3. The zero-order chi connectivity index (χ0) is 14.8. The Morgan fingerprint density at radius 1 is 1.30 bits per heavy atom. The van der Waals surface area contributed by atoms with Gasteiger partial charge >= 0.3 is 0 Å². The van der Waals surface area contributed by atoms with Crippen molar-refractivity contribution in [1.29, 1.82) is 0 Å². The molecule has 1 aromatic carbocycles. The molecule has 0 aliphatic heterocycles. The molecular weight excluding hydrogens is 298 g/mol. The van der Waals surface area contributed by atoms with Crippen molar-refractivity contribution in [2.45, 2.75) is 17.9 Å². The largest absolute Gasteiger partial charge is 0.377 e. The van der Waals surface area contributed by atoms with Gasteiger partial charge in [0, 0.05) is 6.04 Å². The highest BCUT2D eigenvalue weighted by Crippen LogP contribution is 2.21. The molecular formula is C13H14ClN3O2S. The first-order valence-corrected chi connectivity index (χ1v) is 7.79. The van der Waals surface area contributed by atoms with E-state index >= 15 is 0 Å². The number of aromatic nitrogens is 1. The molecule has 2 aromatic rings. The van der Waals surface area contributed by atoms with Crippen LogP contribution in [0.25, 0.3) is 0 Å². The molecule has 0 amide bonds. The third-order valence-electron chi connectivity index (χ3n) is 2.80. The van der Waals surface area contributed by atoms with Gasteiger partial charge in [-0.05, 0) is 36.8 Å². The summed E-state index contributed by atoms with van der Waals surface area (Å²) in [6, 6.07) is 9.89. The Hall–Kier alpha value is -1.63. The highest BCUT2D eigenvalue weighted by atomic mass is 35.5. The molecule has 20 heavy (non-hydrogen) atoms. The van der Waals surface area contributed by atoms with Crippen LogP contribution >= 0.6 is 11.6 Å². The van der Waals surface area contributed by atoms with E-state index in [1.165, 1.54) is 6.07 Å². The third-order valence-corrected chi connectivity index (χ3v) is 3.93. The standard InChI is InChI=1S/C13H14ClN3O2S/c1-9(17-11-5-6-13(14)16-8-11)10-3-2-4-12(7-10)20(15,18)19/h2-9,17H,1H3,(H2,15,18,19). The molecule has 0 fully saturated rings. The smallest absolute Gasteiger partial charge is 0.238 e. The predicted octanol–water partition coefficient (Wildman–Crippen LogP) is 2.56. The van der Waals surface area contributed by atoms with Gasteiger partial charge < -0.3 is 5.32 Å². The minimum Gasteiger partial charge on any atom is -0.377 e. The van der Waals surface area contributed by atoms with Gasteiger partial charge in [-0.1, -0.05) is 23.7 Å². The predicted molar refractivity (Wildman–Crippen MR) is 79.1 cm³/mol. The minimum atomic E-state index is -3.69. The van der Waals surface area contributed by atoms with Crippen molar-refractivity contribution in [2.24, 2.45) is 5.14 Å². The second-order valence-electron chi connectivity index (χ2n) is 4.35. The van der Waals surface area contributed by atoms with Gasteiger partial charge in [-0.3, -0.25) is 0 Å². The summed E-state index contributed by atoms with van der Waals surface area (Å²) in [4.78, 5) is 4.06. The summed E-state index contributed by atoms with van der Waals surface area (Å²) >= 11 is 5.72. The molecule has 1 unspecified atom stereocenters. The first-order valence-electron chi connectivity index (χ1n) is 5.87. The molecule has 2 rings (SSSR count). The fourth-order valence-corrected chi connectivity index (χ4v) is 2.44. The zero-order valence-electron chi connectivity index (χ0n) is 10.7. The number of primary sulfonamides is 1. The van der Waals surface area contributed by atoms with Gasteiger partial charge in [-0.25, -0.2) is 18.5 Å². The van der Waals surface area contributed by atoms with Gasteiger partial charge in [-0.15, -0.1) is 0 Å². The topological polar surface area (TPSA) is 85.1 Å². The summed E-state index contributed by atoms with van der Waals surface area (Å²) in [6.45, 7) is 1.91. The number of benzene rings is 1. The SMILES string of the molecule is CC(Nc1ccc(Cl)nc1)c1cccc(S(N)(=O)=O)c1. The fraction of sp³-hybridized carbons (Fsp3) is 0.154. The summed E-state index contributed by atoms with van der Waals surface area (Å²) in [6.07, 6.45) is 1.61. The molecule has 0 aliphatic carbocycles. The fourth-order valence-electron chi connectivity index (χ4n) is 1.76. The zero-order valence-corrected chi connectivity index (χ0v) is 12.3. The number of hydrogen-bond acceptors (Lipinski definition) is 4. The second kappa shape index (κ2) is 5.78. The van der Waals surface area contributed by atoms with E-state index in [2.05, 4.69) is 10.3 Å². The van der Waals surface area contributed by atoms with Crippen LogP contribution in [0.15, 0.2) is 47.5 Å². The summed E-state index contributed by atoms with van der Waals surface area (Å²) in [5.74, 6) is 0. The van der Waals surface area contributed by atoms with E-state index in [4.69, 9.17) is 16.7 Å². The van der Waals surface area contributed by atoms with Crippen molar-refractivity contribution in [1.82, 2.24) is 4.98 Å². The second-order valence-corrected chi connectivity index (χ2v) is 6.30. The van der Waals surface area contributed by atoms with Gasteiger partial charge in [0.05, 0.1) is 16.8 Å². The molecule has 0 saturated carbocycles. The number of anilines is 1. The normalized spacial score (nSPS) is 12.9. The Morgan fingerprint density at radius 2 is 2.05 bits per heavy atom. The van der Waals surface area contributed by atoms with Crippen LogP contribution < -0.4 is 10.5 Å². The Kier molecular flexibility index (Phi) is 4.27. The Bertz CT molecular complexity index is 702. The van der Waals surface area contributed by atoms with E-state index < -0.39 is 10.0 Å². The molecule has 7 heteroatoms. The number of nitrogens with zero attached hydrogens (tertiary/aromatic N) is 1. The van der Waals surface area contributed by atoms with Crippen LogP contribution in [0.2, 0.25) is 5.15 Å². The first kappa shape index (κ1) is 14.8. The number of sulfonamides is 1. The molecule has 0 aliphatic rings. The van der Waals surface area contributed by atoms with Crippen LogP contribution in [0.5, 0.6) is 0 Å². The minimum absolute atomic E-state index is 0.0953. The molecule has 0 radical (unpaired) electrons. The van der Waals surface area contributed by atoms with Crippen molar-refractivity contribution >= 4 is 27.3 Å². The van der Waals surface area contributed by atoms with E-state index in [0.29, 0.717) is 5.15 Å². The van der Waals surface area contributed by atoms with Gasteiger partial charge in [0.1, 0.15) is 5.15 Å². The van der Waals surface area contributed by atoms with Crippen LogP contribution in [0, 0.1) is 0 Å². The lowest BCUT2D eigenvalue weighted by Crippen LogP contribution is -2.13.